The number of aliphatic hydroxyl groups is 3. The predicted molar refractivity (Wildman–Crippen MR) is 78.9 cm³/mol. The molecule has 1 aliphatic rings. The molecule has 2 aromatic heterocycles. The van der Waals surface area contributed by atoms with Gasteiger partial charge in [0.1, 0.15) is 36.2 Å². The van der Waals surface area contributed by atoms with Crippen molar-refractivity contribution in [1.29, 1.82) is 0 Å². The highest BCUT2D eigenvalue weighted by molar-refractivity contribution is 5.89. The minimum absolute atomic E-state index is 0.378. The van der Waals surface area contributed by atoms with Crippen molar-refractivity contribution in [3.63, 3.8) is 0 Å². The van der Waals surface area contributed by atoms with E-state index in [1.165, 1.54) is 6.33 Å². The van der Waals surface area contributed by atoms with Crippen LogP contribution >= 0.6 is 0 Å². The Bertz CT molecular complexity index is 687. The van der Waals surface area contributed by atoms with Gasteiger partial charge in [-0.25, -0.2) is 9.97 Å². The molecule has 2 aromatic rings. The molecule has 0 radical (unpaired) electrons. The van der Waals surface area contributed by atoms with E-state index in [4.69, 9.17) is 10.5 Å². The van der Waals surface area contributed by atoms with E-state index < -0.39 is 24.5 Å². The van der Waals surface area contributed by atoms with Gasteiger partial charge >= 0.3 is 0 Å². The average molecular weight is 308 g/mol. The summed E-state index contributed by atoms with van der Waals surface area (Å²) >= 11 is 0. The van der Waals surface area contributed by atoms with Crippen LogP contribution in [-0.2, 0) is 4.74 Å². The van der Waals surface area contributed by atoms with E-state index in [0.29, 0.717) is 11.5 Å². The van der Waals surface area contributed by atoms with E-state index in [1.54, 1.807) is 11.5 Å². The summed E-state index contributed by atoms with van der Waals surface area (Å²) < 4.78 is 7.55. The lowest BCUT2D eigenvalue weighted by Crippen LogP contribution is -2.52. The molecule has 0 bridgehead atoms. The number of aliphatic hydroxyl groups excluding tert-OH is 3. The Morgan fingerprint density at radius 1 is 1.32 bits per heavy atom. The largest absolute Gasteiger partial charge is 0.394 e. The van der Waals surface area contributed by atoms with Gasteiger partial charge in [-0.2, -0.15) is 0 Å². The molecule has 3 heterocycles. The van der Waals surface area contributed by atoms with Crippen LogP contribution in [0.25, 0.3) is 11.0 Å². The Hall–Kier alpha value is -1.74. The fourth-order valence-corrected chi connectivity index (χ4v) is 3.04. The smallest absolute Gasteiger partial charge is 0.147 e. The molecular weight excluding hydrogens is 288 g/mol. The van der Waals surface area contributed by atoms with Gasteiger partial charge in [-0.15, -0.1) is 0 Å². The third-order valence-corrected chi connectivity index (χ3v) is 4.32. The molecule has 5 N–H and O–H groups in total. The van der Waals surface area contributed by atoms with Crippen molar-refractivity contribution in [2.75, 3.05) is 12.3 Å². The van der Waals surface area contributed by atoms with E-state index in [9.17, 15) is 15.3 Å². The summed E-state index contributed by atoms with van der Waals surface area (Å²) in [6.07, 6.45) is -0.355. The van der Waals surface area contributed by atoms with Crippen molar-refractivity contribution < 1.29 is 20.1 Å². The maximum absolute atomic E-state index is 10.2. The highest BCUT2D eigenvalue weighted by atomic mass is 16.5. The van der Waals surface area contributed by atoms with Crippen LogP contribution in [0.4, 0.5) is 5.82 Å². The minimum atomic E-state index is -1.13. The maximum atomic E-state index is 10.2. The topological polar surface area (TPSA) is 127 Å². The first-order chi connectivity index (χ1) is 10.5. The number of aromatic nitrogens is 3. The molecule has 3 rings (SSSR count). The standard InChI is InChI=1S/C14H20N4O4/c1-6-3-18(13-9(6)12(15)16-5-17-13)14-7(2)10(20)11(21)8(4-19)22-14/h3,5,7-8,10-11,14,19-21H,4H2,1-2H3,(H2,15,16,17)/t7-,8?,10-,11?,14?/m1/s1. The van der Waals surface area contributed by atoms with Crippen molar-refractivity contribution in [1.82, 2.24) is 14.5 Å². The molecule has 5 atom stereocenters. The van der Waals surface area contributed by atoms with Crippen molar-refractivity contribution in [3.8, 4) is 0 Å². The molecular formula is C14H20N4O4. The number of rotatable bonds is 2. The highest BCUT2D eigenvalue weighted by Gasteiger charge is 2.43. The Labute approximate surface area is 127 Å². The van der Waals surface area contributed by atoms with Crippen LogP contribution in [0.2, 0.25) is 0 Å². The molecule has 0 spiro atoms. The second kappa shape index (κ2) is 5.47. The van der Waals surface area contributed by atoms with Gasteiger partial charge in [-0.3, -0.25) is 0 Å². The second-order valence-corrected chi connectivity index (χ2v) is 5.76. The van der Waals surface area contributed by atoms with Crippen molar-refractivity contribution in [3.05, 3.63) is 18.1 Å². The molecule has 1 aliphatic heterocycles. The number of nitrogens with two attached hydrogens (primary N) is 1. The summed E-state index contributed by atoms with van der Waals surface area (Å²) in [5.41, 5.74) is 7.40. The third kappa shape index (κ3) is 2.15. The SMILES string of the molecule is Cc1cn(C2OC(CO)C(O)[C@H](O)[C@H]2C)c2ncnc(N)c12. The zero-order valence-corrected chi connectivity index (χ0v) is 12.4. The van der Waals surface area contributed by atoms with Crippen LogP contribution in [0.3, 0.4) is 0 Å². The molecule has 0 amide bonds. The van der Waals surface area contributed by atoms with E-state index >= 15 is 0 Å². The normalized spacial score (nSPS) is 32.5. The van der Waals surface area contributed by atoms with E-state index in [1.807, 2.05) is 13.1 Å². The molecule has 8 nitrogen and oxygen atoms in total. The lowest BCUT2D eigenvalue weighted by atomic mass is 9.91. The number of ether oxygens (including phenoxy) is 1. The zero-order valence-electron chi connectivity index (χ0n) is 12.4. The predicted octanol–water partition coefficient (Wildman–Crippen LogP) is -0.430. The van der Waals surface area contributed by atoms with Gasteiger partial charge in [0, 0.05) is 12.1 Å². The van der Waals surface area contributed by atoms with Crippen LogP contribution in [0.15, 0.2) is 12.5 Å². The van der Waals surface area contributed by atoms with E-state index in [-0.39, 0.29) is 12.5 Å². The van der Waals surface area contributed by atoms with Gasteiger partial charge in [0.15, 0.2) is 0 Å². The molecule has 0 aliphatic carbocycles. The molecule has 22 heavy (non-hydrogen) atoms. The molecule has 8 heteroatoms. The molecule has 1 saturated heterocycles. The number of nitrogens with zero attached hydrogens (tertiary/aromatic N) is 3. The summed E-state index contributed by atoms with van der Waals surface area (Å²) in [4.78, 5) is 8.24. The first kappa shape index (κ1) is 15.2. The first-order valence-electron chi connectivity index (χ1n) is 7.15. The fourth-order valence-electron chi connectivity index (χ4n) is 3.04. The minimum Gasteiger partial charge on any atom is -0.394 e. The van der Waals surface area contributed by atoms with E-state index in [2.05, 4.69) is 9.97 Å². The van der Waals surface area contributed by atoms with Gasteiger partial charge in [0.2, 0.25) is 0 Å². The van der Waals surface area contributed by atoms with Crippen LogP contribution in [0.1, 0.15) is 18.7 Å². The monoisotopic (exact) mass is 308 g/mol. The first-order valence-corrected chi connectivity index (χ1v) is 7.15. The van der Waals surface area contributed by atoms with Crippen molar-refractivity contribution >= 4 is 16.9 Å². The summed E-state index contributed by atoms with van der Waals surface area (Å²) in [7, 11) is 0. The second-order valence-electron chi connectivity index (χ2n) is 5.76. The summed E-state index contributed by atoms with van der Waals surface area (Å²) in [5, 5.41) is 30.2. The highest BCUT2D eigenvalue weighted by Crippen LogP contribution is 2.36. The van der Waals surface area contributed by atoms with Gasteiger partial charge in [-0.05, 0) is 12.5 Å². The van der Waals surface area contributed by atoms with Gasteiger partial charge in [0.25, 0.3) is 0 Å². The van der Waals surface area contributed by atoms with Gasteiger partial charge < -0.3 is 30.4 Å². The molecule has 0 aromatic carbocycles. The zero-order chi connectivity index (χ0) is 16.0. The Morgan fingerprint density at radius 3 is 2.73 bits per heavy atom. The van der Waals surface area contributed by atoms with Crippen molar-refractivity contribution in [2.24, 2.45) is 5.92 Å². The van der Waals surface area contributed by atoms with Crippen molar-refractivity contribution in [2.45, 2.75) is 38.4 Å². The number of hydrogen-bond donors (Lipinski definition) is 4. The fraction of sp³-hybridized carbons (Fsp3) is 0.571. The maximum Gasteiger partial charge on any atom is 0.147 e. The third-order valence-electron chi connectivity index (χ3n) is 4.32. The number of fused-ring (bicyclic) bond motifs is 1. The number of anilines is 1. The van der Waals surface area contributed by atoms with Crippen LogP contribution < -0.4 is 5.73 Å². The van der Waals surface area contributed by atoms with Crippen LogP contribution in [0, 0.1) is 12.8 Å². The Kier molecular flexibility index (Phi) is 3.77. The molecule has 1 fully saturated rings. The quantitative estimate of drug-likeness (QED) is 0.593. The number of hydrogen-bond acceptors (Lipinski definition) is 7. The lowest BCUT2D eigenvalue weighted by Gasteiger charge is -2.41. The lowest BCUT2D eigenvalue weighted by molar-refractivity contribution is -0.227. The molecule has 0 saturated carbocycles. The average Bonchev–Trinajstić information content (AvgIpc) is 2.84. The van der Waals surface area contributed by atoms with E-state index in [0.717, 1.165) is 10.9 Å². The number of nitrogen functional groups attached to an aromatic ring is 1. The van der Waals surface area contributed by atoms with Crippen LogP contribution in [-0.4, -0.2) is 54.8 Å². The van der Waals surface area contributed by atoms with Gasteiger partial charge in [-0.1, -0.05) is 6.92 Å². The summed E-state index contributed by atoms with van der Waals surface area (Å²) in [5.74, 6) is -0.00649. The molecule has 120 valence electrons. The number of aryl methyl sites for hydroxylation is 1. The summed E-state index contributed by atoms with van der Waals surface area (Å²) in [6, 6.07) is 0. The Balaban J connectivity index is 2.09. The van der Waals surface area contributed by atoms with Crippen LogP contribution in [0.5, 0.6) is 0 Å². The molecule has 3 unspecified atom stereocenters. The summed E-state index contributed by atoms with van der Waals surface area (Å²) in [6.45, 7) is 3.29. The van der Waals surface area contributed by atoms with Gasteiger partial charge in [0.05, 0.1) is 18.1 Å². The Morgan fingerprint density at radius 2 is 2.05 bits per heavy atom.